The first kappa shape index (κ1) is 58.5. The number of methoxy groups -OCH3 is 6. The number of hydrogen-bond donors (Lipinski definition) is 0. The van der Waals surface area contributed by atoms with Crippen LogP contribution in [0.3, 0.4) is 0 Å². The standard InChI is InChI=1S/C28H39N3O5Si.C27H37N3O6Si/c1-10-11-28(2,3)26(32)20-17-31(18-36-12-13-37(7,8)9)27-24(20)30-21(16-29-27)19-14-22(33-4)25(35-6)23(15-19)34-5;1-27(2,9-10-31)25(32)19-16-30(17-36-11-12-37(6,7)8)26-23(19)29-20(15-28-26)18-13-21(33-3)24(35-5)22(14-18)34-4/h10,14-17H,1,11-13,18H2,2-9H3;10,13-16H,9,11-12,17H2,1-8H3. The van der Waals surface area contributed by atoms with Crippen molar-refractivity contribution >= 4 is 56.3 Å². The van der Waals surface area contributed by atoms with Crippen molar-refractivity contribution in [3.05, 3.63) is 72.8 Å². The summed E-state index contributed by atoms with van der Waals surface area (Å²) in [6.07, 6.45) is 10.1. The largest absolute Gasteiger partial charge is 0.493 e. The lowest BCUT2D eigenvalue weighted by molar-refractivity contribution is -0.109. The number of nitrogens with zero attached hydrogens (tertiary/aromatic N) is 6. The minimum atomic E-state index is -1.24. The molecule has 6 rings (SSSR count). The predicted octanol–water partition coefficient (Wildman–Crippen LogP) is 11.5. The molecule has 17 nitrogen and oxygen atoms in total. The van der Waals surface area contributed by atoms with E-state index in [1.165, 1.54) is 0 Å². The molecule has 0 amide bonds. The Balaban J connectivity index is 0.000000274. The van der Waals surface area contributed by atoms with E-state index in [1.54, 1.807) is 97.9 Å². The van der Waals surface area contributed by atoms with Crippen LogP contribution < -0.4 is 28.4 Å². The van der Waals surface area contributed by atoms with Crippen LogP contribution >= 0.6 is 0 Å². The van der Waals surface area contributed by atoms with Crippen LogP contribution in [0.1, 0.15) is 61.3 Å². The molecule has 0 atom stereocenters. The minimum absolute atomic E-state index is 0.0189. The van der Waals surface area contributed by atoms with E-state index >= 15 is 0 Å². The number of ketones is 2. The fraction of sp³-hybridized carbons (Fsp3) is 0.473. The molecule has 0 radical (unpaired) electrons. The molecule has 400 valence electrons. The van der Waals surface area contributed by atoms with Gasteiger partial charge in [0.15, 0.2) is 45.9 Å². The highest BCUT2D eigenvalue weighted by Gasteiger charge is 2.33. The Kier molecular flexibility index (Phi) is 19.6. The maximum atomic E-state index is 13.7. The molecule has 0 aliphatic rings. The van der Waals surface area contributed by atoms with Gasteiger partial charge in [-0.1, -0.05) is 73.1 Å². The number of carbonyl (C=O) groups excluding carboxylic acids is 3. The number of ether oxygens (including phenoxy) is 8. The van der Waals surface area contributed by atoms with Crippen LogP contribution in [0, 0.1) is 10.8 Å². The van der Waals surface area contributed by atoms with Crippen molar-refractivity contribution in [3.63, 3.8) is 0 Å². The van der Waals surface area contributed by atoms with Crippen molar-refractivity contribution in [1.29, 1.82) is 0 Å². The summed E-state index contributed by atoms with van der Waals surface area (Å²) in [5.74, 6) is 2.75. The third-order valence-corrected chi connectivity index (χ3v) is 15.9. The lowest BCUT2D eigenvalue weighted by Gasteiger charge is -2.20. The molecule has 0 saturated carbocycles. The lowest BCUT2D eigenvalue weighted by atomic mass is 9.82. The van der Waals surface area contributed by atoms with Crippen molar-refractivity contribution in [3.8, 4) is 57.0 Å². The molecule has 0 aliphatic heterocycles. The molecule has 0 saturated heterocycles. The molecule has 0 aliphatic carbocycles. The summed E-state index contributed by atoms with van der Waals surface area (Å²) in [6.45, 7) is 26.9. The molecule has 0 N–H and O–H groups in total. The Morgan fingerprint density at radius 3 is 1.23 bits per heavy atom. The third-order valence-electron chi connectivity index (χ3n) is 12.5. The van der Waals surface area contributed by atoms with Crippen LogP contribution in [0.2, 0.25) is 51.4 Å². The van der Waals surface area contributed by atoms with Crippen molar-refractivity contribution in [1.82, 2.24) is 29.1 Å². The highest BCUT2D eigenvalue weighted by Crippen LogP contribution is 2.43. The summed E-state index contributed by atoms with van der Waals surface area (Å²) in [7, 11) is 6.86. The van der Waals surface area contributed by atoms with Crippen LogP contribution in [0.4, 0.5) is 0 Å². The van der Waals surface area contributed by atoms with E-state index in [9.17, 15) is 14.4 Å². The maximum Gasteiger partial charge on any atom is 0.203 e. The first-order valence-corrected chi connectivity index (χ1v) is 31.9. The van der Waals surface area contributed by atoms with Gasteiger partial charge in [-0.3, -0.25) is 9.59 Å². The van der Waals surface area contributed by atoms with Crippen LogP contribution in [0.5, 0.6) is 34.5 Å². The number of aldehydes is 1. The molecule has 0 spiro atoms. The number of allylic oxidation sites excluding steroid dienone is 1. The van der Waals surface area contributed by atoms with E-state index in [2.05, 4.69) is 50.8 Å². The van der Waals surface area contributed by atoms with Gasteiger partial charge in [-0.2, -0.15) is 0 Å². The first-order chi connectivity index (χ1) is 34.9. The molecule has 19 heteroatoms. The van der Waals surface area contributed by atoms with Gasteiger partial charge < -0.3 is 51.8 Å². The zero-order valence-corrected chi connectivity index (χ0v) is 48.3. The van der Waals surface area contributed by atoms with E-state index in [4.69, 9.17) is 52.8 Å². The number of hydrogen-bond acceptors (Lipinski definition) is 15. The molecule has 2 aromatic carbocycles. The molecular weight excluding hydrogens is 977 g/mol. The average Bonchev–Trinajstić information content (AvgIpc) is 3.91. The van der Waals surface area contributed by atoms with Crippen LogP contribution in [-0.4, -0.2) is 119 Å². The van der Waals surface area contributed by atoms with E-state index in [0.29, 0.717) is 111 Å². The summed E-state index contributed by atoms with van der Waals surface area (Å²) in [6, 6.07) is 9.29. The monoisotopic (exact) mass is 1050 g/mol. The quantitative estimate of drug-likeness (QED) is 0.0164. The van der Waals surface area contributed by atoms with Crippen molar-refractivity contribution in [2.24, 2.45) is 10.8 Å². The van der Waals surface area contributed by atoms with Crippen LogP contribution in [0.25, 0.3) is 44.8 Å². The topological polar surface area (TPSA) is 186 Å². The molecule has 0 fully saturated rings. The van der Waals surface area contributed by atoms with E-state index in [1.807, 2.05) is 36.7 Å². The Labute approximate surface area is 437 Å². The summed E-state index contributed by atoms with van der Waals surface area (Å²) >= 11 is 0. The molecular formula is C55H76N6O11Si2. The summed E-state index contributed by atoms with van der Waals surface area (Å²) < 4.78 is 48.5. The minimum Gasteiger partial charge on any atom is -0.493 e. The number of rotatable bonds is 26. The SMILES string of the molecule is C=CCC(C)(C)C(=O)c1cn(COCC[Si](C)(C)C)c2ncc(-c3cc(OC)c(OC)c(OC)c3)nc12.COc1cc(-c2cnc3c(n2)c(C(=O)C(C)(C)CC=O)cn3COCC[Si](C)(C)C)cc(OC)c1OC. The van der Waals surface area contributed by atoms with Gasteiger partial charge in [0.2, 0.25) is 11.5 Å². The Morgan fingerprint density at radius 2 is 0.932 bits per heavy atom. The molecule has 4 heterocycles. The zero-order chi connectivity index (χ0) is 54.8. The van der Waals surface area contributed by atoms with E-state index in [0.717, 1.165) is 23.9 Å². The second kappa shape index (κ2) is 24.7. The Morgan fingerprint density at radius 1 is 0.581 bits per heavy atom. The smallest absolute Gasteiger partial charge is 0.203 e. The van der Waals surface area contributed by atoms with Gasteiger partial charge >= 0.3 is 0 Å². The number of carbonyl (C=O) groups is 3. The summed E-state index contributed by atoms with van der Waals surface area (Å²) in [5.41, 5.74) is 4.04. The summed E-state index contributed by atoms with van der Waals surface area (Å²) in [5, 5.41) is 0. The number of aromatic nitrogens is 6. The van der Waals surface area contributed by atoms with Gasteiger partial charge in [-0.15, -0.1) is 6.58 Å². The number of fused-ring (bicyclic) bond motifs is 2. The highest BCUT2D eigenvalue weighted by molar-refractivity contribution is 6.76. The first-order valence-electron chi connectivity index (χ1n) is 24.5. The lowest BCUT2D eigenvalue weighted by Crippen LogP contribution is -2.24. The van der Waals surface area contributed by atoms with Crippen molar-refractivity contribution in [2.75, 3.05) is 55.9 Å². The van der Waals surface area contributed by atoms with Crippen molar-refractivity contribution in [2.45, 2.75) is 105 Å². The second-order valence-corrected chi connectivity index (χ2v) is 32.9. The van der Waals surface area contributed by atoms with E-state index < -0.39 is 27.0 Å². The highest BCUT2D eigenvalue weighted by atomic mass is 28.3. The number of benzene rings is 2. The molecule has 0 bridgehead atoms. The summed E-state index contributed by atoms with van der Waals surface area (Å²) in [4.78, 5) is 57.6. The predicted molar refractivity (Wildman–Crippen MR) is 295 cm³/mol. The van der Waals surface area contributed by atoms with Gasteiger partial charge in [0.1, 0.15) is 30.8 Å². The van der Waals surface area contributed by atoms with Crippen LogP contribution in [-0.2, 0) is 27.7 Å². The number of Topliss-reactive ketones (excluding diaryl/α,β-unsaturated/α-hetero) is 2. The zero-order valence-electron chi connectivity index (χ0n) is 46.3. The molecule has 74 heavy (non-hydrogen) atoms. The maximum absolute atomic E-state index is 13.7. The van der Waals surface area contributed by atoms with Crippen LogP contribution in [0.15, 0.2) is 61.7 Å². The normalized spacial score (nSPS) is 12.0. The average molecular weight is 1050 g/mol. The van der Waals surface area contributed by atoms with Gasteiger partial charge in [-0.05, 0) is 42.8 Å². The fourth-order valence-corrected chi connectivity index (χ4v) is 9.45. The van der Waals surface area contributed by atoms with Gasteiger partial charge in [0, 0.05) is 70.1 Å². The van der Waals surface area contributed by atoms with Crippen molar-refractivity contribution < 1.29 is 52.3 Å². The second-order valence-electron chi connectivity index (χ2n) is 21.7. The van der Waals surface area contributed by atoms with Gasteiger partial charge in [0.05, 0.1) is 77.6 Å². The fourth-order valence-electron chi connectivity index (χ4n) is 7.93. The molecule has 0 unspecified atom stereocenters. The third kappa shape index (κ3) is 14.0. The molecule has 6 aromatic rings. The van der Waals surface area contributed by atoms with Gasteiger partial charge in [-0.25, -0.2) is 19.9 Å². The Bertz CT molecular complexity index is 2700. The molecule has 4 aromatic heterocycles. The van der Waals surface area contributed by atoms with Gasteiger partial charge in [0.25, 0.3) is 0 Å². The van der Waals surface area contributed by atoms with E-state index in [-0.39, 0.29) is 24.7 Å². The Hall–Kier alpha value is -6.42.